The van der Waals surface area contributed by atoms with Crippen LogP contribution in [0.2, 0.25) is 0 Å². The van der Waals surface area contributed by atoms with Gasteiger partial charge in [0.15, 0.2) is 12.6 Å². The van der Waals surface area contributed by atoms with Crippen molar-refractivity contribution in [3.63, 3.8) is 0 Å². The molecule has 6 nitrogen and oxygen atoms in total. The van der Waals surface area contributed by atoms with E-state index in [2.05, 4.69) is 52.1 Å². The summed E-state index contributed by atoms with van der Waals surface area (Å²) in [6.07, 6.45) is 4.06. The molecule has 0 bridgehead atoms. The van der Waals surface area contributed by atoms with Crippen LogP contribution < -0.4 is 20.7 Å². The minimum atomic E-state index is -0.0498. The van der Waals surface area contributed by atoms with Crippen molar-refractivity contribution in [2.45, 2.75) is 45.2 Å². The quantitative estimate of drug-likeness (QED) is 0.247. The molecule has 2 aromatic carbocycles. The van der Waals surface area contributed by atoms with Crippen LogP contribution in [0.4, 0.5) is 0 Å². The largest absolute Gasteiger partial charge is 0.484 e. The molecule has 1 amide bonds. The Morgan fingerprint density at radius 3 is 2.42 bits per heavy atom. The topological polar surface area (TPSA) is 74.8 Å². The van der Waals surface area contributed by atoms with Gasteiger partial charge in [-0.2, -0.15) is 0 Å². The van der Waals surface area contributed by atoms with Gasteiger partial charge in [0.25, 0.3) is 5.91 Å². The lowest BCUT2D eigenvalue weighted by Crippen LogP contribution is -2.38. The van der Waals surface area contributed by atoms with Crippen molar-refractivity contribution in [3.05, 3.63) is 65.2 Å². The highest BCUT2D eigenvalue weighted by Crippen LogP contribution is 2.18. The van der Waals surface area contributed by atoms with Crippen molar-refractivity contribution in [1.82, 2.24) is 16.0 Å². The first-order chi connectivity index (χ1) is 14.7. The first-order valence-corrected chi connectivity index (χ1v) is 10.7. The Balaban J connectivity index is 0.00000341. The molecule has 1 saturated carbocycles. The maximum atomic E-state index is 11.7. The minimum absolute atomic E-state index is 0. The highest BCUT2D eigenvalue weighted by Gasteiger charge is 2.23. The molecule has 3 N–H and O–H groups in total. The average Bonchev–Trinajstić information content (AvgIpc) is 3.59. The number of rotatable bonds is 10. The number of nitrogens with one attached hydrogen (secondary N) is 3. The summed E-state index contributed by atoms with van der Waals surface area (Å²) in [7, 11) is 1.78. The normalized spacial score (nSPS) is 13.2. The number of guanidine groups is 1. The Bertz CT molecular complexity index is 851. The van der Waals surface area contributed by atoms with E-state index in [1.165, 1.54) is 16.7 Å². The van der Waals surface area contributed by atoms with Crippen LogP contribution in [0.3, 0.4) is 0 Å². The number of carbonyl (C=O) groups excluding carboxylic acids is 1. The highest BCUT2D eigenvalue weighted by molar-refractivity contribution is 14.0. The van der Waals surface area contributed by atoms with Crippen molar-refractivity contribution in [1.29, 1.82) is 0 Å². The molecule has 0 aromatic heterocycles. The van der Waals surface area contributed by atoms with Crippen molar-refractivity contribution < 1.29 is 9.53 Å². The Kier molecular flexibility index (Phi) is 10.6. The van der Waals surface area contributed by atoms with Gasteiger partial charge in [-0.25, -0.2) is 0 Å². The van der Waals surface area contributed by atoms with E-state index in [1.807, 2.05) is 24.3 Å². The summed E-state index contributed by atoms with van der Waals surface area (Å²) in [5.41, 5.74) is 3.85. The van der Waals surface area contributed by atoms with Crippen LogP contribution in [0.5, 0.6) is 5.75 Å². The van der Waals surface area contributed by atoms with Gasteiger partial charge in [0.1, 0.15) is 5.75 Å². The second-order valence-corrected chi connectivity index (χ2v) is 7.50. The zero-order chi connectivity index (χ0) is 21.2. The van der Waals surface area contributed by atoms with Crippen LogP contribution >= 0.6 is 24.0 Å². The number of benzene rings is 2. The van der Waals surface area contributed by atoms with Crippen LogP contribution in [0.25, 0.3) is 0 Å². The number of ether oxygens (including phenoxy) is 1. The van der Waals surface area contributed by atoms with Gasteiger partial charge < -0.3 is 20.7 Å². The number of hydrogen-bond donors (Lipinski definition) is 3. The van der Waals surface area contributed by atoms with Gasteiger partial charge in [-0.15, -0.1) is 24.0 Å². The van der Waals surface area contributed by atoms with Crippen LogP contribution in [0.1, 0.15) is 36.5 Å². The maximum absolute atomic E-state index is 11.7. The standard InChI is InChI=1S/C24H32N4O2.HI/c1-3-19-6-4-5-7-20(19)16-27-24(25-2)26-15-14-18-8-12-22(13-9-18)30-17-23(29)28-21-10-11-21;/h4-9,12-13,21H,3,10-11,14-17H2,1-2H3,(H,28,29)(H2,25,26,27);1H. The fourth-order valence-electron chi connectivity index (χ4n) is 3.20. The molecule has 0 radical (unpaired) electrons. The monoisotopic (exact) mass is 536 g/mol. The van der Waals surface area contributed by atoms with Crippen molar-refractivity contribution in [2.75, 3.05) is 20.2 Å². The molecule has 1 aliphatic rings. The fraction of sp³-hybridized carbons (Fsp3) is 0.417. The van der Waals surface area contributed by atoms with Crippen molar-refractivity contribution in [3.8, 4) is 5.75 Å². The van der Waals surface area contributed by atoms with Gasteiger partial charge in [0, 0.05) is 26.2 Å². The number of nitrogens with zero attached hydrogens (tertiary/aromatic N) is 1. The van der Waals surface area contributed by atoms with Crippen molar-refractivity contribution >= 4 is 35.8 Å². The van der Waals surface area contributed by atoms with Crippen LogP contribution in [0, 0.1) is 0 Å². The lowest BCUT2D eigenvalue weighted by molar-refractivity contribution is -0.123. The number of amides is 1. The Morgan fingerprint density at radius 1 is 1.06 bits per heavy atom. The zero-order valence-electron chi connectivity index (χ0n) is 18.3. The van der Waals surface area contributed by atoms with E-state index in [1.54, 1.807) is 7.05 Å². The van der Waals surface area contributed by atoms with Gasteiger partial charge in [-0.05, 0) is 54.5 Å². The van der Waals surface area contributed by atoms with E-state index >= 15 is 0 Å². The summed E-state index contributed by atoms with van der Waals surface area (Å²) >= 11 is 0. The molecule has 1 aliphatic carbocycles. The van der Waals surface area contributed by atoms with Crippen LogP contribution in [0.15, 0.2) is 53.5 Å². The first kappa shape index (κ1) is 25.0. The molecule has 0 unspecified atom stereocenters. The summed E-state index contributed by atoms with van der Waals surface area (Å²) in [4.78, 5) is 16.0. The number of carbonyl (C=O) groups is 1. The number of aryl methyl sites for hydroxylation is 1. The summed E-state index contributed by atoms with van der Waals surface area (Å²) in [5.74, 6) is 1.46. The van der Waals surface area contributed by atoms with Crippen molar-refractivity contribution in [2.24, 2.45) is 4.99 Å². The van der Waals surface area contributed by atoms with E-state index in [4.69, 9.17) is 4.74 Å². The van der Waals surface area contributed by atoms with E-state index in [9.17, 15) is 4.79 Å². The van der Waals surface area contributed by atoms with Gasteiger partial charge in [0.05, 0.1) is 0 Å². The van der Waals surface area contributed by atoms with Crippen LogP contribution in [-0.4, -0.2) is 38.1 Å². The fourth-order valence-corrected chi connectivity index (χ4v) is 3.20. The molecule has 3 rings (SSSR count). The van der Waals surface area contributed by atoms with Gasteiger partial charge in [0.2, 0.25) is 0 Å². The molecule has 0 heterocycles. The number of hydrogen-bond acceptors (Lipinski definition) is 3. The second-order valence-electron chi connectivity index (χ2n) is 7.50. The predicted octanol–water partition coefficient (Wildman–Crippen LogP) is 3.43. The van der Waals surface area contributed by atoms with Crippen LogP contribution in [-0.2, 0) is 24.2 Å². The predicted molar refractivity (Wildman–Crippen MR) is 136 cm³/mol. The first-order valence-electron chi connectivity index (χ1n) is 10.7. The van der Waals surface area contributed by atoms with Gasteiger partial charge >= 0.3 is 0 Å². The van der Waals surface area contributed by atoms with E-state index in [-0.39, 0.29) is 36.5 Å². The molecule has 0 aliphatic heterocycles. The lowest BCUT2D eigenvalue weighted by atomic mass is 10.1. The second kappa shape index (κ2) is 13.2. The molecule has 168 valence electrons. The third-order valence-corrected chi connectivity index (χ3v) is 5.11. The lowest BCUT2D eigenvalue weighted by Gasteiger charge is -2.14. The average molecular weight is 536 g/mol. The van der Waals surface area contributed by atoms with E-state index in [0.717, 1.165) is 44.7 Å². The van der Waals surface area contributed by atoms with Gasteiger partial charge in [-0.3, -0.25) is 9.79 Å². The van der Waals surface area contributed by atoms with Gasteiger partial charge in [-0.1, -0.05) is 43.3 Å². The SMILES string of the molecule is CCc1ccccc1CNC(=NC)NCCc1ccc(OCC(=O)NC2CC2)cc1.I. The smallest absolute Gasteiger partial charge is 0.258 e. The molecule has 1 fully saturated rings. The Hall–Kier alpha value is -2.29. The molecule has 0 saturated heterocycles. The summed E-state index contributed by atoms with van der Waals surface area (Å²) in [6, 6.07) is 16.7. The summed E-state index contributed by atoms with van der Waals surface area (Å²) in [6.45, 7) is 3.77. The Morgan fingerprint density at radius 2 is 1.77 bits per heavy atom. The zero-order valence-corrected chi connectivity index (χ0v) is 20.6. The summed E-state index contributed by atoms with van der Waals surface area (Å²) < 4.78 is 5.55. The summed E-state index contributed by atoms with van der Waals surface area (Å²) in [5, 5.41) is 9.66. The maximum Gasteiger partial charge on any atom is 0.258 e. The molecule has 0 spiro atoms. The molecular weight excluding hydrogens is 503 g/mol. The molecular formula is C24H33IN4O2. The van der Waals surface area contributed by atoms with E-state index in [0.29, 0.717) is 11.8 Å². The molecule has 7 heteroatoms. The highest BCUT2D eigenvalue weighted by atomic mass is 127. The minimum Gasteiger partial charge on any atom is -0.484 e. The Labute approximate surface area is 202 Å². The number of aliphatic imine (C=N–C) groups is 1. The third-order valence-electron chi connectivity index (χ3n) is 5.11. The third kappa shape index (κ3) is 8.77. The number of halogens is 1. The molecule has 0 atom stereocenters. The van der Waals surface area contributed by atoms with E-state index < -0.39 is 0 Å². The molecule has 31 heavy (non-hydrogen) atoms. The molecule has 2 aromatic rings.